The molecule has 0 aliphatic rings. The summed E-state index contributed by atoms with van der Waals surface area (Å²) in [6.07, 6.45) is 0. The maximum atomic E-state index is 2.41. The second-order valence-electron chi connectivity index (χ2n) is 3.65. The lowest BCUT2D eigenvalue weighted by atomic mass is 9.95. The van der Waals surface area contributed by atoms with Crippen LogP contribution in [0, 0.1) is 0 Å². The summed E-state index contributed by atoms with van der Waals surface area (Å²) in [7, 11) is 0. The molecule has 0 N–H and O–H groups in total. The second-order valence-corrected chi connectivity index (χ2v) is 5.58. The molecule has 0 saturated heterocycles. The van der Waals surface area contributed by atoms with Gasteiger partial charge in [0.15, 0.2) is 0 Å². The fourth-order valence-electron chi connectivity index (χ4n) is 0.853. The van der Waals surface area contributed by atoms with Crippen molar-refractivity contribution in [3.63, 3.8) is 0 Å². The smallest absolute Gasteiger partial charge is 0.0341 e. The van der Waals surface area contributed by atoms with Crippen molar-refractivity contribution in [2.75, 3.05) is 0 Å². The fraction of sp³-hybridized carbons (Fsp3) is 0.556. The van der Waals surface area contributed by atoms with Gasteiger partial charge in [-0.2, -0.15) is 0 Å². The van der Waals surface area contributed by atoms with Crippen molar-refractivity contribution >= 4 is 33.9 Å². The molecule has 2 heteroatoms. The van der Waals surface area contributed by atoms with Crippen LogP contribution >= 0.6 is 33.9 Å². The molecule has 0 atom stereocenters. The van der Waals surface area contributed by atoms with Crippen LogP contribution in [0.5, 0.6) is 0 Å². The zero-order valence-corrected chi connectivity index (χ0v) is 10.1. The first-order valence-electron chi connectivity index (χ1n) is 3.69. The number of thiophene rings is 1. The SMILES string of the molecule is CC(C)(C)c1ccc(CI)s1. The van der Waals surface area contributed by atoms with E-state index < -0.39 is 0 Å². The van der Waals surface area contributed by atoms with Crippen LogP contribution in [0.4, 0.5) is 0 Å². The third-order valence-electron chi connectivity index (χ3n) is 1.53. The number of rotatable bonds is 1. The van der Waals surface area contributed by atoms with E-state index in [0.29, 0.717) is 5.41 Å². The van der Waals surface area contributed by atoms with E-state index in [1.54, 1.807) is 0 Å². The van der Waals surface area contributed by atoms with Crippen molar-refractivity contribution in [1.29, 1.82) is 0 Å². The predicted octanol–water partition coefficient (Wildman–Crippen LogP) is 3.98. The lowest BCUT2D eigenvalue weighted by Gasteiger charge is -2.15. The van der Waals surface area contributed by atoms with Gasteiger partial charge in [0.1, 0.15) is 0 Å². The standard InChI is InChI=1S/C9H13IS/c1-9(2,3)8-5-4-7(6-10)11-8/h4-5H,6H2,1-3H3. The molecular weight excluding hydrogens is 267 g/mol. The zero-order chi connectivity index (χ0) is 8.48. The van der Waals surface area contributed by atoms with Gasteiger partial charge in [0.05, 0.1) is 0 Å². The third kappa shape index (κ3) is 2.44. The van der Waals surface area contributed by atoms with Crippen LogP contribution in [0.3, 0.4) is 0 Å². The summed E-state index contributed by atoms with van der Waals surface area (Å²) in [5.74, 6) is 0. The molecule has 1 rings (SSSR count). The Hall–Kier alpha value is 0.430. The van der Waals surface area contributed by atoms with E-state index in [-0.39, 0.29) is 0 Å². The molecule has 0 aromatic carbocycles. The molecule has 1 aromatic rings. The normalized spacial score (nSPS) is 12.0. The minimum absolute atomic E-state index is 0.328. The molecule has 0 spiro atoms. The quantitative estimate of drug-likeness (QED) is 0.539. The van der Waals surface area contributed by atoms with Crippen LogP contribution in [0.2, 0.25) is 0 Å². The van der Waals surface area contributed by atoms with Crippen LogP contribution < -0.4 is 0 Å². The summed E-state index contributed by atoms with van der Waals surface area (Å²) in [4.78, 5) is 2.97. The van der Waals surface area contributed by atoms with E-state index in [0.717, 1.165) is 4.43 Å². The van der Waals surface area contributed by atoms with Crippen LogP contribution in [0.1, 0.15) is 30.5 Å². The molecule has 0 aliphatic heterocycles. The highest BCUT2D eigenvalue weighted by atomic mass is 127. The number of alkyl halides is 1. The van der Waals surface area contributed by atoms with Gasteiger partial charge in [-0.1, -0.05) is 43.4 Å². The lowest BCUT2D eigenvalue weighted by molar-refractivity contribution is 0.604. The summed E-state index contributed by atoms with van der Waals surface area (Å²) in [6, 6.07) is 4.48. The number of halogens is 1. The first kappa shape index (κ1) is 9.52. The Labute approximate surface area is 86.2 Å². The van der Waals surface area contributed by atoms with Crippen molar-refractivity contribution < 1.29 is 0 Å². The minimum Gasteiger partial charge on any atom is -0.144 e. The van der Waals surface area contributed by atoms with E-state index in [9.17, 15) is 0 Å². The maximum absolute atomic E-state index is 2.41. The third-order valence-corrected chi connectivity index (χ3v) is 4.38. The Balaban J connectivity index is 2.89. The Kier molecular flexibility index (Phi) is 2.97. The lowest BCUT2D eigenvalue weighted by Crippen LogP contribution is -2.07. The Morgan fingerprint density at radius 2 is 2.00 bits per heavy atom. The van der Waals surface area contributed by atoms with Gasteiger partial charge < -0.3 is 0 Å². The van der Waals surface area contributed by atoms with Gasteiger partial charge in [-0.15, -0.1) is 11.3 Å². The van der Waals surface area contributed by atoms with Gasteiger partial charge in [0, 0.05) is 14.2 Å². The molecule has 0 fully saturated rings. The van der Waals surface area contributed by atoms with E-state index in [2.05, 4.69) is 55.5 Å². The summed E-state index contributed by atoms with van der Waals surface area (Å²) in [5, 5.41) is 0. The zero-order valence-electron chi connectivity index (χ0n) is 7.15. The molecule has 0 nitrogen and oxygen atoms in total. The highest BCUT2D eigenvalue weighted by Gasteiger charge is 2.15. The number of hydrogen-bond donors (Lipinski definition) is 0. The van der Waals surface area contributed by atoms with Gasteiger partial charge in [0.25, 0.3) is 0 Å². The summed E-state index contributed by atoms with van der Waals surface area (Å²) < 4.78 is 1.14. The Morgan fingerprint density at radius 1 is 1.36 bits per heavy atom. The Morgan fingerprint density at radius 3 is 2.27 bits per heavy atom. The van der Waals surface area contributed by atoms with Crippen molar-refractivity contribution in [2.45, 2.75) is 30.6 Å². The molecule has 0 amide bonds. The van der Waals surface area contributed by atoms with E-state index in [1.807, 2.05) is 11.3 Å². The maximum Gasteiger partial charge on any atom is 0.0341 e. The average Bonchev–Trinajstić information content (AvgIpc) is 2.32. The average molecular weight is 280 g/mol. The molecule has 1 aromatic heterocycles. The summed E-state index contributed by atoms with van der Waals surface area (Å²) >= 11 is 4.34. The molecule has 0 aliphatic carbocycles. The van der Waals surface area contributed by atoms with Crippen molar-refractivity contribution in [3.8, 4) is 0 Å². The topological polar surface area (TPSA) is 0 Å². The monoisotopic (exact) mass is 280 g/mol. The molecule has 0 unspecified atom stereocenters. The van der Waals surface area contributed by atoms with Crippen molar-refractivity contribution in [2.24, 2.45) is 0 Å². The van der Waals surface area contributed by atoms with E-state index in [1.165, 1.54) is 9.75 Å². The van der Waals surface area contributed by atoms with E-state index >= 15 is 0 Å². The van der Waals surface area contributed by atoms with Gasteiger partial charge in [-0.05, 0) is 17.5 Å². The fourth-order valence-corrected chi connectivity index (χ4v) is 2.49. The summed E-state index contributed by atoms with van der Waals surface area (Å²) in [6.45, 7) is 6.78. The first-order valence-corrected chi connectivity index (χ1v) is 6.03. The molecule has 62 valence electrons. The van der Waals surface area contributed by atoms with Crippen LogP contribution in [0.15, 0.2) is 12.1 Å². The van der Waals surface area contributed by atoms with Gasteiger partial charge >= 0.3 is 0 Å². The van der Waals surface area contributed by atoms with Crippen molar-refractivity contribution in [1.82, 2.24) is 0 Å². The first-order chi connectivity index (χ1) is 5.04. The minimum atomic E-state index is 0.328. The van der Waals surface area contributed by atoms with Crippen LogP contribution in [-0.2, 0) is 9.84 Å². The molecule has 0 radical (unpaired) electrons. The number of hydrogen-bond acceptors (Lipinski definition) is 1. The Bertz CT molecular complexity index is 232. The molecule has 0 bridgehead atoms. The largest absolute Gasteiger partial charge is 0.144 e. The highest BCUT2D eigenvalue weighted by Crippen LogP contribution is 2.30. The van der Waals surface area contributed by atoms with Crippen molar-refractivity contribution in [3.05, 3.63) is 21.9 Å². The van der Waals surface area contributed by atoms with Gasteiger partial charge in [0.2, 0.25) is 0 Å². The highest BCUT2D eigenvalue weighted by molar-refractivity contribution is 14.1. The second kappa shape index (κ2) is 3.44. The van der Waals surface area contributed by atoms with Crippen LogP contribution in [0.25, 0.3) is 0 Å². The molecule has 11 heavy (non-hydrogen) atoms. The van der Waals surface area contributed by atoms with E-state index in [4.69, 9.17) is 0 Å². The molecule has 0 saturated carbocycles. The van der Waals surface area contributed by atoms with Gasteiger partial charge in [-0.3, -0.25) is 0 Å². The predicted molar refractivity (Wildman–Crippen MR) is 60.7 cm³/mol. The summed E-state index contributed by atoms with van der Waals surface area (Å²) in [5.41, 5.74) is 0.328. The van der Waals surface area contributed by atoms with Gasteiger partial charge in [-0.25, -0.2) is 0 Å². The van der Waals surface area contributed by atoms with Crippen LogP contribution in [-0.4, -0.2) is 0 Å². The molecular formula is C9H13IS. The molecule has 1 heterocycles.